The van der Waals surface area contributed by atoms with Crippen molar-refractivity contribution >= 4 is 0 Å². The maximum atomic E-state index is 11.9. The molecule has 134 valence electrons. The Morgan fingerprint density at radius 3 is 2.43 bits per heavy atom. The van der Waals surface area contributed by atoms with Crippen molar-refractivity contribution in [1.82, 2.24) is 9.55 Å². The van der Waals surface area contributed by atoms with Crippen LogP contribution >= 0.6 is 0 Å². The second kappa shape index (κ2) is 7.37. The quantitative estimate of drug-likeness (QED) is 0.891. The van der Waals surface area contributed by atoms with Crippen LogP contribution in [0, 0.1) is 0 Å². The van der Waals surface area contributed by atoms with E-state index in [1.54, 1.807) is 0 Å². The minimum atomic E-state index is -0.698. The molecular weight excluding hydrogens is 307 g/mol. The van der Waals surface area contributed by atoms with Crippen LogP contribution in [0.4, 0.5) is 4.70 Å². The van der Waals surface area contributed by atoms with Gasteiger partial charge in [-0.25, -0.2) is 4.79 Å². The Balaban J connectivity index is 0.00000128. The molecule has 1 N–H and O–H groups in total. The number of H-pyrrole nitrogens is 1. The van der Waals surface area contributed by atoms with Gasteiger partial charge in [0, 0.05) is 13.7 Å². The van der Waals surface area contributed by atoms with E-state index in [1.807, 2.05) is 34.6 Å². The predicted octanol–water partition coefficient (Wildman–Crippen LogP) is 1.79. The van der Waals surface area contributed by atoms with Crippen LogP contribution in [-0.4, -0.2) is 33.7 Å². The highest BCUT2D eigenvalue weighted by Crippen LogP contribution is 2.43. The molecule has 0 aliphatic carbocycles. The van der Waals surface area contributed by atoms with Gasteiger partial charge in [0.05, 0.1) is 6.10 Å². The number of halogens is 1. The van der Waals surface area contributed by atoms with Crippen molar-refractivity contribution in [2.45, 2.75) is 71.4 Å². The highest BCUT2D eigenvalue weighted by atomic mass is 19.0. The molecule has 0 aromatic carbocycles. The molecule has 3 rings (SSSR count). The molecule has 1 aromatic rings. The molecular formula is C15H27FN2O5. The van der Waals surface area contributed by atoms with Crippen LogP contribution in [0.1, 0.15) is 48.7 Å². The lowest BCUT2D eigenvalue weighted by Crippen LogP contribution is -2.37. The van der Waals surface area contributed by atoms with Gasteiger partial charge in [-0.05, 0) is 20.3 Å². The van der Waals surface area contributed by atoms with Crippen molar-refractivity contribution in [3.8, 4) is 0 Å². The first kappa shape index (κ1) is 19.5. The van der Waals surface area contributed by atoms with Crippen LogP contribution in [0.2, 0.25) is 0 Å². The second-order valence-corrected chi connectivity index (χ2v) is 5.56. The molecule has 0 amide bonds. The summed E-state index contributed by atoms with van der Waals surface area (Å²) in [6.45, 7) is 9.67. The maximum Gasteiger partial charge on any atom is 0.330 e. The van der Waals surface area contributed by atoms with Crippen molar-refractivity contribution in [3.63, 3.8) is 0 Å². The van der Waals surface area contributed by atoms with Gasteiger partial charge in [-0.3, -0.25) is 19.1 Å². The zero-order valence-corrected chi connectivity index (χ0v) is 14.1. The van der Waals surface area contributed by atoms with Gasteiger partial charge in [0.1, 0.15) is 12.2 Å². The lowest BCUT2D eigenvalue weighted by atomic mass is 10.1. The molecule has 4 atom stereocenters. The molecule has 0 unspecified atom stereocenters. The molecule has 8 heteroatoms. The van der Waals surface area contributed by atoms with Crippen LogP contribution < -0.4 is 11.2 Å². The molecule has 0 radical (unpaired) electrons. The topological polar surface area (TPSA) is 82.6 Å². The minimum absolute atomic E-state index is 0. The average molecular weight is 334 g/mol. The summed E-state index contributed by atoms with van der Waals surface area (Å²) in [6.07, 6.45) is 0.893. The Bertz CT molecular complexity index is 633. The van der Waals surface area contributed by atoms with Gasteiger partial charge in [-0.15, -0.1) is 0 Å². The van der Waals surface area contributed by atoms with E-state index < -0.39 is 23.3 Å². The van der Waals surface area contributed by atoms with Gasteiger partial charge in [0.15, 0.2) is 12.0 Å². The fraction of sp³-hybridized carbons (Fsp3) is 0.733. The predicted molar refractivity (Wildman–Crippen MR) is 85.3 cm³/mol. The number of hydrogen-bond acceptors (Lipinski definition) is 5. The summed E-state index contributed by atoms with van der Waals surface area (Å²) in [5.74, 6) is -0.698. The van der Waals surface area contributed by atoms with E-state index in [2.05, 4.69) is 4.98 Å². The van der Waals surface area contributed by atoms with Crippen molar-refractivity contribution in [3.05, 3.63) is 33.1 Å². The standard InChI is InChI=1S/C13H18N2O5.C2H6.FH.H2/c1-4-7-9-10(20-13(2,3)19-9)11(18-7)15-6-5-8(16)14-12(15)17;1-2;;/h5-7,9-11H,4H2,1-3H3,(H,14,16,17);1-2H3;2*1H/t7-,9-,10-,11-;;;/m1.../s1. The smallest absolute Gasteiger partial charge is 0.330 e. The minimum Gasteiger partial charge on any atom is -0.349 e. The Labute approximate surface area is 135 Å². The fourth-order valence-electron chi connectivity index (χ4n) is 2.84. The van der Waals surface area contributed by atoms with Crippen molar-refractivity contribution in [2.75, 3.05) is 0 Å². The number of rotatable bonds is 2. The third-order valence-electron chi connectivity index (χ3n) is 3.65. The molecule has 2 fully saturated rings. The van der Waals surface area contributed by atoms with Crippen LogP contribution in [-0.2, 0) is 14.2 Å². The average Bonchev–Trinajstić information content (AvgIpc) is 2.94. The summed E-state index contributed by atoms with van der Waals surface area (Å²) in [5.41, 5.74) is -0.942. The van der Waals surface area contributed by atoms with Crippen LogP contribution in [0.3, 0.4) is 0 Å². The Kier molecular flexibility index (Phi) is 6.26. The van der Waals surface area contributed by atoms with E-state index >= 15 is 0 Å². The SMILES string of the molecule is CC.CC[C@H]1O[C@@H](n2ccc(=O)[nH]c2=O)[C@@H]2OC(C)(C)O[C@@H]21.F.[HH]. The van der Waals surface area contributed by atoms with Crippen molar-refractivity contribution in [1.29, 1.82) is 0 Å². The van der Waals surface area contributed by atoms with Crippen molar-refractivity contribution < 1.29 is 20.3 Å². The van der Waals surface area contributed by atoms with E-state index in [0.29, 0.717) is 0 Å². The number of nitrogens with zero attached hydrogens (tertiary/aromatic N) is 1. The Hall–Kier alpha value is -1.51. The van der Waals surface area contributed by atoms with Gasteiger partial charge in [0.2, 0.25) is 0 Å². The summed E-state index contributed by atoms with van der Waals surface area (Å²) in [6, 6.07) is 1.29. The fourth-order valence-corrected chi connectivity index (χ4v) is 2.84. The number of aromatic amines is 1. The molecule has 2 aliphatic heterocycles. The molecule has 3 heterocycles. The Morgan fingerprint density at radius 1 is 1.26 bits per heavy atom. The van der Waals surface area contributed by atoms with Gasteiger partial charge in [0.25, 0.3) is 5.56 Å². The molecule has 23 heavy (non-hydrogen) atoms. The van der Waals surface area contributed by atoms with Crippen LogP contribution in [0.25, 0.3) is 0 Å². The largest absolute Gasteiger partial charge is 0.349 e. The van der Waals surface area contributed by atoms with Crippen LogP contribution in [0.5, 0.6) is 0 Å². The van der Waals surface area contributed by atoms with Crippen molar-refractivity contribution in [2.24, 2.45) is 0 Å². The number of aromatic nitrogens is 2. The summed E-state index contributed by atoms with van der Waals surface area (Å²) >= 11 is 0. The molecule has 1 aromatic heterocycles. The number of fused-ring (bicyclic) bond motifs is 1. The van der Waals surface area contributed by atoms with E-state index in [4.69, 9.17) is 14.2 Å². The maximum absolute atomic E-state index is 11.9. The van der Waals surface area contributed by atoms with E-state index in [9.17, 15) is 9.59 Å². The highest BCUT2D eigenvalue weighted by molar-refractivity contribution is 4.98. The zero-order valence-electron chi connectivity index (χ0n) is 14.1. The van der Waals surface area contributed by atoms with Gasteiger partial charge in [-0.1, -0.05) is 20.8 Å². The third-order valence-corrected chi connectivity index (χ3v) is 3.65. The molecule has 0 bridgehead atoms. The van der Waals surface area contributed by atoms with E-state index in [-0.39, 0.29) is 24.4 Å². The summed E-state index contributed by atoms with van der Waals surface area (Å²) in [7, 11) is 0. The number of hydrogen-bond donors (Lipinski definition) is 1. The lowest BCUT2D eigenvalue weighted by Gasteiger charge is -2.24. The molecule has 2 saturated heterocycles. The highest BCUT2D eigenvalue weighted by Gasteiger charge is 2.55. The zero-order chi connectivity index (χ0) is 16.5. The molecule has 0 spiro atoms. The first-order valence-corrected chi connectivity index (χ1v) is 7.74. The monoisotopic (exact) mass is 334 g/mol. The second-order valence-electron chi connectivity index (χ2n) is 5.56. The van der Waals surface area contributed by atoms with Gasteiger partial charge >= 0.3 is 5.69 Å². The summed E-state index contributed by atoms with van der Waals surface area (Å²) in [5, 5.41) is 0. The Morgan fingerprint density at radius 2 is 1.87 bits per heavy atom. The number of nitrogens with one attached hydrogen (secondary N) is 1. The van der Waals surface area contributed by atoms with Gasteiger partial charge in [-0.2, -0.15) is 0 Å². The number of ether oxygens (including phenoxy) is 3. The lowest BCUT2D eigenvalue weighted by molar-refractivity contribution is -0.197. The van der Waals surface area contributed by atoms with Gasteiger partial charge < -0.3 is 14.2 Å². The first-order chi connectivity index (χ1) is 10.4. The normalized spacial score (nSPS) is 30.8. The molecule has 2 aliphatic rings. The molecule has 0 saturated carbocycles. The third kappa shape index (κ3) is 3.70. The van der Waals surface area contributed by atoms with E-state index in [1.165, 1.54) is 16.8 Å². The van der Waals surface area contributed by atoms with Crippen LogP contribution in [0.15, 0.2) is 21.9 Å². The summed E-state index contributed by atoms with van der Waals surface area (Å²) in [4.78, 5) is 25.3. The molecule has 7 nitrogen and oxygen atoms in total. The van der Waals surface area contributed by atoms with E-state index in [0.717, 1.165) is 6.42 Å². The first-order valence-electron chi connectivity index (χ1n) is 7.74. The summed E-state index contributed by atoms with van der Waals surface area (Å²) < 4.78 is 18.9.